The lowest BCUT2D eigenvalue weighted by Crippen LogP contribution is -2.40. The van der Waals surface area contributed by atoms with E-state index in [2.05, 4.69) is 20.8 Å². The van der Waals surface area contributed by atoms with E-state index in [4.69, 9.17) is 14.6 Å². The summed E-state index contributed by atoms with van der Waals surface area (Å²) in [6.45, 7) is 18.4. The Morgan fingerprint density at radius 3 is 1.40 bits per heavy atom. The average Bonchev–Trinajstić information content (AvgIpc) is 3.10. The van der Waals surface area contributed by atoms with Gasteiger partial charge in [-0.05, 0) is 136 Å². The lowest BCUT2D eigenvalue weighted by molar-refractivity contribution is -0.121. The van der Waals surface area contributed by atoms with Gasteiger partial charge in [-0.15, -0.1) is 0 Å². The summed E-state index contributed by atoms with van der Waals surface area (Å²) in [6.07, 6.45) is 2.05. The maximum atomic E-state index is 12.4. The number of aryl methyl sites for hydroxylation is 4. The van der Waals surface area contributed by atoms with Gasteiger partial charge in [-0.2, -0.15) is 0 Å². The summed E-state index contributed by atoms with van der Waals surface area (Å²) in [4.78, 5) is 47.5. The molecule has 1 unspecified atom stereocenters. The van der Waals surface area contributed by atoms with Crippen molar-refractivity contribution in [1.82, 2.24) is 13.5 Å². The lowest BCUT2D eigenvalue weighted by atomic mass is 10.0. The maximum absolute atomic E-state index is 12.4. The fourth-order valence-electron chi connectivity index (χ4n) is 5.93. The number of hydrogen-bond acceptors (Lipinski definition) is 11. The number of ketones is 2. The van der Waals surface area contributed by atoms with E-state index in [1.54, 1.807) is 37.3 Å². The van der Waals surface area contributed by atoms with E-state index >= 15 is 0 Å². The molecule has 0 saturated carbocycles. The number of piperidine rings is 2. The van der Waals surface area contributed by atoms with Gasteiger partial charge in [0, 0.05) is 51.9 Å². The van der Waals surface area contributed by atoms with Crippen LogP contribution in [0, 0.1) is 13.8 Å². The second-order valence-electron chi connectivity index (χ2n) is 16.9. The molecule has 2 saturated heterocycles. The van der Waals surface area contributed by atoms with Crippen LogP contribution >= 0.6 is 0 Å². The van der Waals surface area contributed by atoms with Gasteiger partial charge in [-0.25, -0.2) is 35.0 Å². The van der Waals surface area contributed by atoms with Crippen LogP contribution in [0.5, 0.6) is 0 Å². The molecule has 14 nitrogen and oxygen atoms in total. The van der Waals surface area contributed by atoms with Crippen molar-refractivity contribution in [2.24, 2.45) is 0 Å². The summed E-state index contributed by atoms with van der Waals surface area (Å²) >= 11 is 0. The van der Waals surface area contributed by atoms with Crippen molar-refractivity contribution in [3.63, 3.8) is 0 Å². The molecule has 326 valence electrons. The summed E-state index contributed by atoms with van der Waals surface area (Å²) in [5.74, 6) is -1.21. The number of Topliss-reactive ketones (excluding diaryl/α,β-unsaturated/α-hetero) is 2. The third-order valence-electron chi connectivity index (χ3n) is 9.42. The largest absolute Gasteiger partial charge is 0.478 e. The zero-order valence-electron chi connectivity index (χ0n) is 36.2. The van der Waals surface area contributed by atoms with Crippen LogP contribution in [0.1, 0.15) is 117 Å². The van der Waals surface area contributed by atoms with Gasteiger partial charge >= 0.3 is 11.9 Å². The minimum Gasteiger partial charge on any atom is -0.478 e. The van der Waals surface area contributed by atoms with Crippen LogP contribution in [0.15, 0.2) is 36.4 Å². The normalized spacial score (nSPS) is 16.5. The van der Waals surface area contributed by atoms with Crippen molar-refractivity contribution in [2.75, 3.05) is 51.8 Å². The fourth-order valence-corrected chi connectivity index (χ4v) is 8.88. The zero-order chi connectivity index (χ0) is 44.2. The van der Waals surface area contributed by atoms with Crippen LogP contribution in [0.4, 0.5) is 0 Å². The third kappa shape index (κ3) is 17.8. The van der Waals surface area contributed by atoms with Crippen LogP contribution in [0.3, 0.4) is 0 Å². The Kier molecular flexibility index (Phi) is 18.9. The van der Waals surface area contributed by atoms with Crippen LogP contribution in [0.2, 0.25) is 0 Å². The number of ether oxygens (including phenoxy) is 2. The molecular weight excluding hydrogens is 787 g/mol. The first kappa shape index (κ1) is 50.6. The van der Waals surface area contributed by atoms with Crippen LogP contribution in [-0.2, 0) is 52.0 Å². The lowest BCUT2D eigenvalue weighted by Gasteiger charge is -2.28. The summed E-state index contributed by atoms with van der Waals surface area (Å²) in [6, 6.07) is 9.87. The maximum Gasteiger partial charge on any atom is 0.338 e. The van der Waals surface area contributed by atoms with Crippen LogP contribution in [-0.4, -0.2) is 128 Å². The molecule has 1 atom stereocenters. The van der Waals surface area contributed by atoms with Gasteiger partial charge < -0.3 is 14.6 Å². The molecule has 2 fully saturated rings. The molecule has 0 spiro atoms. The number of carboxylic acid groups (broad SMARTS) is 1. The number of carboxylic acids is 1. The first-order valence-electron chi connectivity index (χ1n) is 19.6. The topological polar surface area (TPSA) is 185 Å². The van der Waals surface area contributed by atoms with E-state index in [1.165, 1.54) is 14.7 Å². The Morgan fingerprint density at radius 1 is 0.707 bits per heavy atom. The number of benzene rings is 2. The monoisotopic (exact) mass is 851 g/mol. The number of carbonyl (C=O) groups excluding carboxylic acids is 3. The molecule has 2 aromatic carbocycles. The third-order valence-corrected chi connectivity index (χ3v) is 13.2. The summed E-state index contributed by atoms with van der Waals surface area (Å²) in [5, 5.41) is 8.92. The highest BCUT2D eigenvalue weighted by atomic mass is 32.2. The number of nitrogens with zero attached hydrogens (tertiary/aromatic N) is 3. The smallest absolute Gasteiger partial charge is 0.338 e. The van der Waals surface area contributed by atoms with E-state index in [0.29, 0.717) is 31.2 Å². The van der Waals surface area contributed by atoms with Crippen molar-refractivity contribution < 1.29 is 50.6 Å². The minimum absolute atomic E-state index is 0.00614. The van der Waals surface area contributed by atoms with Gasteiger partial charge in [-0.3, -0.25) is 14.5 Å². The second-order valence-corrected chi connectivity index (χ2v) is 21.1. The van der Waals surface area contributed by atoms with Gasteiger partial charge in [0.2, 0.25) is 20.0 Å². The fraction of sp³-hybridized carbons (Fsp3) is 0.619. The second kappa shape index (κ2) is 21.6. The van der Waals surface area contributed by atoms with Crippen molar-refractivity contribution in [2.45, 2.75) is 118 Å². The molecule has 4 rings (SSSR count). The van der Waals surface area contributed by atoms with E-state index in [9.17, 15) is 36.0 Å². The van der Waals surface area contributed by atoms with Crippen molar-refractivity contribution >= 4 is 43.6 Å². The number of hydrogen-bond donors (Lipinski definition) is 1. The van der Waals surface area contributed by atoms with Gasteiger partial charge in [0.25, 0.3) is 0 Å². The highest BCUT2D eigenvalue weighted by Gasteiger charge is 2.28. The van der Waals surface area contributed by atoms with Crippen molar-refractivity contribution in [3.05, 3.63) is 69.8 Å². The van der Waals surface area contributed by atoms with Gasteiger partial charge in [-0.1, -0.05) is 12.1 Å². The Hall–Kier alpha value is -3.54. The summed E-state index contributed by atoms with van der Waals surface area (Å²) < 4.78 is 63.2. The van der Waals surface area contributed by atoms with Gasteiger partial charge in [0.05, 0.1) is 28.2 Å². The molecule has 1 N–H and O–H groups in total. The molecule has 0 aromatic heterocycles. The molecule has 2 heterocycles. The highest BCUT2D eigenvalue weighted by Crippen LogP contribution is 2.20. The number of carbonyl (C=O) groups is 4. The molecule has 2 aliphatic heterocycles. The molecule has 0 radical (unpaired) electrons. The standard InChI is InChI=1S/C19H27NO5S.C15H19NO5S.C8H19NO/c1-14-13-16(18(22)25-19(2,3)4)6-5-15(14)9-12-26(23,24)20-10-7-17(21)8-11-20;1-11-10-13(15(18)19)3-2-12(11)6-9-22(20,21)16-7-4-14(17)5-8-16;1-7(9(5)6)10-8(2,3)4/h5-6,13H,7-12H2,1-4H3;2-3,10H,4-9H2,1H3,(H,18,19);7H,1-6H3. The molecule has 0 bridgehead atoms. The number of esters is 1. The molecule has 16 heteroatoms. The minimum atomic E-state index is -3.38. The van der Waals surface area contributed by atoms with Crippen LogP contribution in [0.25, 0.3) is 0 Å². The number of sulfonamides is 2. The Labute approximate surface area is 346 Å². The van der Waals surface area contributed by atoms with E-state index in [1.807, 2.05) is 53.6 Å². The Bertz CT molecular complexity index is 1950. The molecule has 0 amide bonds. The molecule has 2 aliphatic rings. The average molecular weight is 852 g/mol. The quantitative estimate of drug-likeness (QED) is 0.211. The number of rotatable bonds is 12. The predicted octanol–water partition coefficient (Wildman–Crippen LogP) is 5.43. The SMILES string of the molecule is CC(OC(C)(C)C)N(C)C.Cc1cc(C(=O)O)ccc1CCS(=O)(=O)N1CCC(=O)CC1.Cc1cc(C(=O)OC(C)(C)C)ccc1CCS(=O)(=O)N1CCC(=O)CC1. The van der Waals surface area contributed by atoms with Gasteiger partial charge in [0.15, 0.2) is 0 Å². The first-order valence-corrected chi connectivity index (χ1v) is 22.8. The Balaban J connectivity index is 0.000000328. The van der Waals surface area contributed by atoms with E-state index < -0.39 is 37.6 Å². The Morgan fingerprint density at radius 2 is 1.09 bits per heavy atom. The van der Waals surface area contributed by atoms with Gasteiger partial charge in [0.1, 0.15) is 23.4 Å². The first-order chi connectivity index (χ1) is 26.6. The summed E-state index contributed by atoms with van der Waals surface area (Å²) in [5.41, 5.74) is 3.38. The highest BCUT2D eigenvalue weighted by molar-refractivity contribution is 7.89. The van der Waals surface area contributed by atoms with Crippen molar-refractivity contribution in [3.8, 4) is 0 Å². The van der Waals surface area contributed by atoms with Crippen molar-refractivity contribution in [1.29, 1.82) is 0 Å². The van der Waals surface area contributed by atoms with E-state index in [0.717, 1.165) is 22.3 Å². The summed E-state index contributed by atoms with van der Waals surface area (Å²) in [7, 11) is -2.75. The molecular formula is C42H65N3O11S2. The zero-order valence-corrected chi connectivity index (χ0v) is 37.8. The number of aromatic carboxylic acids is 1. The molecule has 0 aliphatic carbocycles. The molecule has 58 heavy (non-hydrogen) atoms. The van der Waals surface area contributed by atoms with E-state index in [-0.39, 0.29) is 79.5 Å². The predicted molar refractivity (Wildman–Crippen MR) is 225 cm³/mol. The van der Waals surface area contributed by atoms with Crippen LogP contribution < -0.4 is 0 Å². The molecule has 2 aromatic rings.